The molecular formula is C24H46N2O7Si2. The van der Waals surface area contributed by atoms with Gasteiger partial charge >= 0.3 is 5.69 Å². The summed E-state index contributed by atoms with van der Waals surface area (Å²) in [6.07, 6.45) is -0.736. The van der Waals surface area contributed by atoms with Gasteiger partial charge in [-0.3, -0.25) is 14.3 Å². The number of aromatic nitrogens is 2. The Hall–Kier alpha value is -1.09. The molecule has 0 unspecified atom stereocenters. The number of aliphatic hydroxyl groups excluding tert-OH is 1. The van der Waals surface area contributed by atoms with Gasteiger partial charge in [0.2, 0.25) is 0 Å². The number of nitrogens with zero attached hydrogens (tertiary/aromatic N) is 1. The lowest BCUT2D eigenvalue weighted by Crippen LogP contribution is -2.57. The Morgan fingerprint density at radius 2 is 1.66 bits per heavy atom. The number of rotatable bonds is 9. The molecule has 0 aliphatic carbocycles. The molecule has 35 heavy (non-hydrogen) atoms. The van der Waals surface area contributed by atoms with Gasteiger partial charge in [-0.25, -0.2) is 4.79 Å². The molecule has 3 N–H and O–H groups in total. The molecule has 0 radical (unpaired) electrons. The van der Waals surface area contributed by atoms with Gasteiger partial charge in [-0.2, -0.15) is 0 Å². The molecule has 9 nitrogen and oxygen atoms in total. The summed E-state index contributed by atoms with van der Waals surface area (Å²) in [6.45, 7) is 21.1. The molecular weight excluding hydrogens is 484 g/mol. The molecule has 11 heteroatoms. The zero-order valence-electron chi connectivity index (χ0n) is 23.1. The standard InChI is InChI=1S/C24H46N2O7Si2/c1-22(2,3)34(7,8)31-16-17-24(30,13-11-15-27)19(33-35(9,10)23(4,5)6)20(32-17)26-14-12-18(28)25-21(26)29/h12,14,17,19-20,27,30H,11,13,15-16H2,1-10H3,(H,25,28,29)/t17-,19+,20-,24+/m1/s1. The van der Waals surface area contributed by atoms with Crippen LogP contribution in [-0.2, 0) is 13.6 Å². The van der Waals surface area contributed by atoms with E-state index in [1.807, 2.05) is 0 Å². The maximum atomic E-state index is 12.8. The molecule has 4 atom stereocenters. The van der Waals surface area contributed by atoms with Crippen LogP contribution in [0.25, 0.3) is 0 Å². The van der Waals surface area contributed by atoms with E-state index >= 15 is 0 Å². The van der Waals surface area contributed by atoms with E-state index in [2.05, 4.69) is 72.7 Å². The monoisotopic (exact) mass is 530 g/mol. The summed E-state index contributed by atoms with van der Waals surface area (Å²) < 4.78 is 20.8. The van der Waals surface area contributed by atoms with Crippen molar-refractivity contribution in [2.75, 3.05) is 13.2 Å². The molecule has 0 spiro atoms. The van der Waals surface area contributed by atoms with Crippen LogP contribution in [0.1, 0.15) is 60.6 Å². The zero-order valence-corrected chi connectivity index (χ0v) is 25.1. The molecule has 0 amide bonds. The second-order valence-corrected chi connectivity index (χ2v) is 22.3. The molecule has 0 aromatic carbocycles. The first kappa shape index (κ1) is 30.1. The van der Waals surface area contributed by atoms with Crippen LogP contribution in [0.3, 0.4) is 0 Å². The van der Waals surface area contributed by atoms with Gasteiger partial charge in [-0.05, 0) is 49.1 Å². The van der Waals surface area contributed by atoms with Gasteiger partial charge < -0.3 is 23.8 Å². The lowest BCUT2D eigenvalue weighted by molar-refractivity contribution is -0.0952. The van der Waals surface area contributed by atoms with Gasteiger partial charge in [-0.15, -0.1) is 0 Å². The van der Waals surface area contributed by atoms with Crippen LogP contribution in [0.2, 0.25) is 36.3 Å². The predicted octanol–water partition coefficient (Wildman–Crippen LogP) is 3.35. The highest BCUT2D eigenvalue weighted by Crippen LogP contribution is 2.47. The van der Waals surface area contributed by atoms with Crippen molar-refractivity contribution >= 4 is 16.6 Å². The maximum Gasteiger partial charge on any atom is 0.330 e. The highest BCUT2D eigenvalue weighted by Gasteiger charge is 2.59. The van der Waals surface area contributed by atoms with Crippen molar-refractivity contribution in [1.82, 2.24) is 9.55 Å². The van der Waals surface area contributed by atoms with Gasteiger partial charge in [0.15, 0.2) is 22.9 Å². The van der Waals surface area contributed by atoms with E-state index in [-0.39, 0.29) is 29.7 Å². The Morgan fingerprint density at radius 3 is 2.14 bits per heavy atom. The van der Waals surface area contributed by atoms with Gasteiger partial charge in [0.1, 0.15) is 17.8 Å². The second kappa shape index (κ2) is 10.3. The molecule has 2 rings (SSSR count). The Morgan fingerprint density at radius 1 is 1.09 bits per heavy atom. The Bertz CT molecular complexity index is 978. The number of H-pyrrole nitrogens is 1. The Kier molecular flexibility index (Phi) is 8.91. The van der Waals surface area contributed by atoms with Crippen molar-refractivity contribution in [3.63, 3.8) is 0 Å². The normalized spacial score (nSPS) is 26.3. The number of hydrogen-bond acceptors (Lipinski definition) is 7. The minimum Gasteiger partial charge on any atom is -0.414 e. The second-order valence-electron chi connectivity index (χ2n) is 12.7. The van der Waals surface area contributed by atoms with Gasteiger partial charge in [0.05, 0.1) is 6.61 Å². The summed E-state index contributed by atoms with van der Waals surface area (Å²) in [4.78, 5) is 26.7. The third kappa shape index (κ3) is 6.44. The van der Waals surface area contributed by atoms with Crippen molar-refractivity contribution in [1.29, 1.82) is 0 Å². The number of aliphatic hydroxyl groups is 2. The molecule has 1 saturated heterocycles. The lowest BCUT2D eigenvalue weighted by atomic mass is 9.87. The van der Waals surface area contributed by atoms with E-state index in [1.165, 1.54) is 16.8 Å². The fourth-order valence-electron chi connectivity index (χ4n) is 3.63. The van der Waals surface area contributed by atoms with E-state index in [4.69, 9.17) is 13.6 Å². The number of aromatic amines is 1. The van der Waals surface area contributed by atoms with Crippen LogP contribution in [-0.4, -0.2) is 67.4 Å². The van der Waals surface area contributed by atoms with E-state index in [0.29, 0.717) is 6.42 Å². The van der Waals surface area contributed by atoms with Crippen molar-refractivity contribution in [2.24, 2.45) is 0 Å². The van der Waals surface area contributed by atoms with Gasteiger partial charge in [0, 0.05) is 18.9 Å². The zero-order chi connectivity index (χ0) is 27.0. The Balaban J connectivity index is 2.58. The first-order valence-electron chi connectivity index (χ1n) is 12.4. The molecule has 1 aliphatic heterocycles. The van der Waals surface area contributed by atoms with Crippen LogP contribution < -0.4 is 11.2 Å². The van der Waals surface area contributed by atoms with Crippen molar-refractivity contribution in [3.8, 4) is 0 Å². The number of hydrogen-bond donors (Lipinski definition) is 3. The minimum atomic E-state index is -2.44. The van der Waals surface area contributed by atoms with E-state index in [0.717, 1.165) is 0 Å². The summed E-state index contributed by atoms with van der Waals surface area (Å²) in [7, 11) is -4.62. The average molecular weight is 531 g/mol. The van der Waals surface area contributed by atoms with Crippen molar-refractivity contribution in [2.45, 2.75) is 115 Å². The van der Waals surface area contributed by atoms with Gasteiger partial charge in [-0.1, -0.05) is 41.5 Å². The third-order valence-electron chi connectivity index (χ3n) is 8.10. The van der Waals surface area contributed by atoms with Crippen molar-refractivity contribution in [3.05, 3.63) is 33.1 Å². The molecule has 0 bridgehead atoms. The summed E-state index contributed by atoms with van der Waals surface area (Å²) in [6, 6.07) is 1.25. The van der Waals surface area contributed by atoms with Crippen LogP contribution in [0.5, 0.6) is 0 Å². The van der Waals surface area contributed by atoms with E-state index in [1.54, 1.807) is 0 Å². The fraction of sp³-hybridized carbons (Fsp3) is 0.833. The summed E-state index contributed by atoms with van der Waals surface area (Å²) in [5, 5.41) is 21.5. The maximum absolute atomic E-state index is 12.8. The third-order valence-corrected chi connectivity index (χ3v) is 17.1. The SMILES string of the molecule is CC(C)(C)[Si](C)(C)OC[C@H]1O[C@@H](n2ccc(=O)[nH]c2=O)[C@H](O[Si](C)(C)C(C)(C)C)[C@]1(O)CCCO. The van der Waals surface area contributed by atoms with Crippen LogP contribution in [0.15, 0.2) is 21.9 Å². The van der Waals surface area contributed by atoms with E-state index < -0.39 is 51.9 Å². The average Bonchev–Trinajstić information content (AvgIpc) is 2.95. The largest absolute Gasteiger partial charge is 0.414 e. The molecule has 1 fully saturated rings. The predicted molar refractivity (Wildman–Crippen MR) is 142 cm³/mol. The minimum absolute atomic E-state index is 0.0406. The van der Waals surface area contributed by atoms with Crippen LogP contribution in [0.4, 0.5) is 0 Å². The summed E-state index contributed by atoms with van der Waals surface area (Å²) in [5.74, 6) is 0. The quantitative estimate of drug-likeness (QED) is 0.418. The van der Waals surface area contributed by atoms with Crippen LogP contribution in [0, 0.1) is 0 Å². The number of ether oxygens (including phenoxy) is 1. The highest BCUT2D eigenvalue weighted by atomic mass is 28.4. The topological polar surface area (TPSA) is 123 Å². The molecule has 1 aromatic rings. The highest BCUT2D eigenvalue weighted by molar-refractivity contribution is 6.74. The first-order chi connectivity index (χ1) is 15.8. The molecule has 2 heterocycles. The Labute approximate surface area is 211 Å². The summed E-state index contributed by atoms with van der Waals surface area (Å²) >= 11 is 0. The first-order valence-corrected chi connectivity index (χ1v) is 18.2. The lowest BCUT2D eigenvalue weighted by Gasteiger charge is -2.44. The molecule has 1 aromatic heterocycles. The fourth-order valence-corrected chi connectivity index (χ4v) is 5.94. The molecule has 1 aliphatic rings. The van der Waals surface area contributed by atoms with E-state index in [9.17, 15) is 19.8 Å². The number of nitrogens with one attached hydrogen (secondary N) is 1. The summed E-state index contributed by atoms with van der Waals surface area (Å²) in [5.41, 5.74) is -2.66. The van der Waals surface area contributed by atoms with Gasteiger partial charge in [0.25, 0.3) is 5.56 Å². The molecule has 0 saturated carbocycles. The smallest absolute Gasteiger partial charge is 0.330 e. The van der Waals surface area contributed by atoms with Crippen molar-refractivity contribution < 1.29 is 23.8 Å². The van der Waals surface area contributed by atoms with Crippen LogP contribution >= 0.6 is 0 Å². The molecule has 202 valence electrons.